The Balaban J connectivity index is 0.00000144. The number of hydrogen-bond acceptors (Lipinski definition) is 3. The normalized spacial score (nSPS) is 23.4. The third-order valence-corrected chi connectivity index (χ3v) is 3.99. The van der Waals surface area contributed by atoms with Crippen LogP contribution in [0.15, 0.2) is 0 Å². The van der Waals surface area contributed by atoms with Gasteiger partial charge in [-0.1, -0.05) is 6.42 Å². The number of ether oxygens (including phenoxy) is 1. The van der Waals surface area contributed by atoms with Crippen molar-refractivity contribution < 1.29 is 9.53 Å². The van der Waals surface area contributed by atoms with E-state index in [1.165, 1.54) is 19.3 Å². The standard InChI is InChI=1S/C12H22N2O2.ClH/c1-16-12(5-7-13-8-6-12)11(15)14-9-10-3-2-4-10;/h10,13H,2-9H2,1H3,(H,14,15);1H. The van der Waals surface area contributed by atoms with E-state index >= 15 is 0 Å². The zero-order valence-electron chi connectivity index (χ0n) is 10.5. The van der Waals surface area contributed by atoms with Crippen LogP contribution in [0.5, 0.6) is 0 Å². The van der Waals surface area contributed by atoms with E-state index in [-0.39, 0.29) is 18.3 Å². The van der Waals surface area contributed by atoms with E-state index in [2.05, 4.69) is 10.6 Å². The van der Waals surface area contributed by atoms with Crippen LogP contribution in [-0.2, 0) is 9.53 Å². The van der Waals surface area contributed by atoms with Crippen molar-refractivity contribution in [3.63, 3.8) is 0 Å². The van der Waals surface area contributed by atoms with Crippen LogP contribution < -0.4 is 10.6 Å². The zero-order valence-corrected chi connectivity index (χ0v) is 11.3. The summed E-state index contributed by atoms with van der Waals surface area (Å²) in [5, 5.41) is 6.31. The highest BCUT2D eigenvalue weighted by Crippen LogP contribution is 2.26. The second kappa shape index (κ2) is 6.57. The summed E-state index contributed by atoms with van der Waals surface area (Å²) in [4.78, 5) is 12.1. The molecule has 0 aromatic heterocycles. The maximum absolute atomic E-state index is 12.1. The molecule has 17 heavy (non-hydrogen) atoms. The van der Waals surface area contributed by atoms with Gasteiger partial charge < -0.3 is 15.4 Å². The van der Waals surface area contributed by atoms with Crippen molar-refractivity contribution >= 4 is 18.3 Å². The summed E-state index contributed by atoms with van der Waals surface area (Å²) in [6, 6.07) is 0. The molecule has 0 aromatic carbocycles. The Morgan fingerprint density at radius 2 is 2.06 bits per heavy atom. The van der Waals surface area contributed by atoms with Gasteiger partial charge in [0.05, 0.1) is 0 Å². The molecular weight excluding hydrogens is 240 g/mol. The monoisotopic (exact) mass is 262 g/mol. The van der Waals surface area contributed by atoms with Crippen LogP contribution in [0.2, 0.25) is 0 Å². The fourth-order valence-corrected chi connectivity index (χ4v) is 2.45. The second-order valence-corrected chi connectivity index (χ2v) is 4.96. The van der Waals surface area contributed by atoms with Crippen molar-refractivity contribution in [2.45, 2.75) is 37.7 Å². The summed E-state index contributed by atoms with van der Waals surface area (Å²) >= 11 is 0. The van der Waals surface area contributed by atoms with E-state index in [1.807, 2.05) is 0 Å². The molecule has 0 spiro atoms. The van der Waals surface area contributed by atoms with Gasteiger partial charge in [0.2, 0.25) is 0 Å². The molecular formula is C12H23ClN2O2. The van der Waals surface area contributed by atoms with Crippen LogP contribution in [0.1, 0.15) is 32.1 Å². The highest BCUT2D eigenvalue weighted by molar-refractivity contribution is 5.85. The van der Waals surface area contributed by atoms with Gasteiger partial charge in [-0.2, -0.15) is 0 Å². The minimum Gasteiger partial charge on any atom is -0.368 e. The number of hydrogen-bond donors (Lipinski definition) is 2. The lowest BCUT2D eigenvalue weighted by Gasteiger charge is -2.36. The molecule has 1 aliphatic heterocycles. The summed E-state index contributed by atoms with van der Waals surface area (Å²) in [6.07, 6.45) is 5.41. The average Bonchev–Trinajstić information content (AvgIpc) is 2.27. The lowest BCUT2D eigenvalue weighted by molar-refractivity contribution is -0.147. The van der Waals surface area contributed by atoms with Crippen molar-refractivity contribution in [3.8, 4) is 0 Å². The third kappa shape index (κ3) is 3.33. The molecule has 5 heteroatoms. The Morgan fingerprint density at radius 3 is 2.53 bits per heavy atom. The largest absolute Gasteiger partial charge is 0.368 e. The topological polar surface area (TPSA) is 50.4 Å². The lowest BCUT2D eigenvalue weighted by Crippen LogP contribution is -2.54. The van der Waals surface area contributed by atoms with Gasteiger partial charge in [0, 0.05) is 13.7 Å². The molecule has 1 saturated carbocycles. The predicted octanol–water partition coefficient (Wildman–Crippen LogP) is 1.09. The smallest absolute Gasteiger partial charge is 0.252 e. The molecule has 0 atom stereocenters. The Labute approximate surface area is 109 Å². The summed E-state index contributed by atoms with van der Waals surface area (Å²) < 4.78 is 5.47. The number of carbonyl (C=O) groups excluding carboxylic acids is 1. The second-order valence-electron chi connectivity index (χ2n) is 4.96. The van der Waals surface area contributed by atoms with Gasteiger partial charge in [0.1, 0.15) is 5.60 Å². The van der Waals surface area contributed by atoms with E-state index in [0.717, 1.165) is 32.5 Å². The molecule has 2 rings (SSSR count). The minimum absolute atomic E-state index is 0. The first-order valence-corrected chi connectivity index (χ1v) is 6.31. The van der Waals surface area contributed by atoms with Gasteiger partial charge >= 0.3 is 0 Å². The molecule has 0 bridgehead atoms. The predicted molar refractivity (Wildman–Crippen MR) is 69.4 cm³/mol. The van der Waals surface area contributed by atoms with Crippen LogP contribution >= 0.6 is 12.4 Å². The van der Waals surface area contributed by atoms with E-state index in [4.69, 9.17) is 4.74 Å². The number of carbonyl (C=O) groups is 1. The highest BCUT2D eigenvalue weighted by atomic mass is 35.5. The van der Waals surface area contributed by atoms with Gasteiger partial charge in [-0.15, -0.1) is 12.4 Å². The van der Waals surface area contributed by atoms with Gasteiger partial charge in [-0.05, 0) is 44.7 Å². The van der Waals surface area contributed by atoms with Gasteiger partial charge in [0.15, 0.2) is 0 Å². The lowest BCUT2D eigenvalue weighted by atomic mass is 9.85. The summed E-state index contributed by atoms with van der Waals surface area (Å²) in [5.41, 5.74) is -0.574. The van der Waals surface area contributed by atoms with Gasteiger partial charge in [-0.25, -0.2) is 0 Å². The quantitative estimate of drug-likeness (QED) is 0.798. The molecule has 1 heterocycles. The Bertz CT molecular complexity index is 251. The Hall–Kier alpha value is -0.320. The molecule has 2 N–H and O–H groups in total. The molecule has 1 aliphatic carbocycles. The van der Waals surface area contributed by atoms with Crippen LogP contribution in [0.25, 0.3) is 0 Å². The Kier molecular flexibility index (Phi) is 5.70. The molecule has 0 aromatic rings. The van der Waals surface area contributed by atoms with Crippen molar-refractivity contribution in [2.24, 2.45) is 5.92 Å². The molecule has 1 amide bonds. The van der Waals surface area contributed by atoms with Crippen LogP contribution in [0.3, 0.4) is 0 Å². The zero-order chi connectivity index (χ0) is 11.4. The maximum Gasteiger partial charge on any atom is 0.252 e. The van der Waals surface area contributed by atoms with E-state index in [9.17, 15) is 4.79 Å². The van der Waals surface area contributed by atoms with Crippen molar-refractivity contribution in [3.05, 3.63) is 0 Å². The first-order valence-electron chi connectivity index (χ1n) is 6.31. The number of rotatable bonds is 4. The average molecular weight is 263 g/mol. The van der Waals surface area contributed by atoms with Crippen molar-refractivity contribution in [1.29, 1.82) is 0 Å². The molecule has 0 unspecified atom stereocenters. The molecule has 0 radical (unpaired) electrons. The SMILES string of the molecule is COC1(C(=O)NCC2CCC2)CCNCC1.Cl. The molecule has 100 valence electrons. The maximum atomic E-state index is 12.1. The van der Waals surface area contributed by atoms with Crippen LogP contribution in [0, 0.1) is 5.92 Å². The first-order chi connectivity index (χ1) is 7.77. The van der Waals surface area contributed by atoms with E-state index in [1.54, 1.807) is 7.11 Å². The van der Waals surface area contributed by atoms with Crippen LogP contribution in [0.4, 0.5) is 0 Å². The van der Waals surface area contributed by atoms with E-state index in [0.29, 0.717) is 5.92 Å². The van der Waals surface area contributed by atoms with Crippen LogP contribution in [-0.4, -0.2) is 38.3 Å². The summed E-state index contributed by atoms with van der Waals surface area (Å²) in [5.74, 6) is 0.794. The molecule has 2 aliphatic rings. The number of halogens is 1. The highest BCUT2D eigenvalue weighted by Gasteiger charge is 2.39. The Morgan fingerprint density at radius 1 is 1.41 bits per heavy atom. The van der Waals surface area contributed by atoms with Crippen molar-refractivity contribution in [2.75, 3.05) is 26.7 Å². The minimum atomic E-state index is -0.574. The fourth-order valence-electron chi connectivity index (χ4n) is 2.45. The fraction of sp³-hybridized carbons (Fsp3) is 0.917. The van der Waals surface area contributed by atoms with E-state index < -0.39 is 5.60 Å². The summed E-state index contributed by atoms with van der Waals surface area (Å²) in [7, 11) is 1.65. The molecule has 1 saturated heterocycles. The van der Waals surface area contributed by atoms with Gasteiger partial charge in [0.25, 0.3) is 5.91 Å². The van der Waals surface area contributed by atoms with Crippen molar-refractivity contribution in [1.82, 2.24) is 10.6 Å². The third-order valence-electron chi connectivity index (χ3n) is 3.99. The first kappa shape index (κ1) is 14.7. The molecule has 2 fully saturated rings. The van der Waals surface area contributed by atoms with Gasteiger partial charge in [-0.3, -0.25) is 4.79 Å². The summed E-state index contributed by atoms with van der Waals surface area (Å²) in [6.45, 7) is 2.56. The molecule has 4 nitrogen and oxygen atoms in total. The number of amides is 1. The number of nitrogens with one attached hydrogen (secondary N) is 2. The number of methoxy groups -OCH3 is 1. The number of piperidine rings is 1.